The van der Waals surface area contributed by atoms with Gasteiger partial charge in [-0.1, -0.05) is 0 Å². The first-order valence-corrected chi connectivity index (χ1v) is 9.38. The van der Waals surface area contributed by atoms with Crippen LogP contribution in [0.5, 0.6) is 11.5 Å². The predicted molar refractivity (Wildman–Crippen MR) is 107 cm³/mol. The molecule has 1 aliphatic rings. The van der Waals surface area contributed by atoms with E-state index in [4.69, 9.17) is 14.2 Å². The number of esters is 1. The molecule has 0 bridgehead atoms. The van der Waals surface area contributed by atoms with Crippen molar-refractivity contribution in [3.05, 3.63) is 77.1 Å². The lowest BCUT2D eigenvalue weighted by Crippen LogP contribution is -2.17. The third kappa shape index (κ3) is 3.87. The van der Waals surface area contributed by atoms with Crippen molar-refractivity contribution in [3.63, 3.8) is 0 Å². The molecule has 0 atom stereocenters. The van der Waals surface area contributed by atoms with Gasteiger partial charge in [0.2, 0.25) is 0 Å². The Labute approximate surface area is 168 Å². The lowest BCUT2D eigenvalue weighted by atomic mass is 10.1. The molecule has 6 heteroatoms. The van der Waals surface area contributed by atoms with Crippen LogP contribution in [0.1, 0.15) is 32.1 Å². The van der Waals surface area contributed by atoms with Gasteiger partial charge >= 0.3 is 5.97 Å². The van der Waals surface area contributed by atoms with Crippen LogP contribution < -0.4 is 9.47 Å². The zero-order valence-corrected chi connectivity index (χ0v) is 16.3. The Morgan fingerprint density at radius 1 is 0.862 bits per heavy atom. The number of carbonyl (C=O) groups excluding carboxylic acids is 2. The fraction of sp³-hybridized carbons (Fsp3) is 0.217. The van der Waals surface area contributed by atoms with Gasteiger partial charge in [0, 0.05) is 22.6 Å². The normalized spacial score (nSPS) is 12.5. The van der Waals surface area contributed by atoms with E-state index in [-0.39, 0.29) is 12.4 Å². The van der Waals surface area contributed by atoms with Crippen molar-refractivity contribution >= 4 is 11.8 Å². The molecule has 0 N–H and O–H groups in total. The molecule has 0 amide bonds. The number of ether oxygens (including phenoxy) is 3. The average Bonchev–Trinajstić information content (AvgIpc) is 3.09. The molecule has 6 nitrogen and oxygen atoms in total. The first-order chi connectivity index (χ1) is 14.0. The van der Waals surface area contributed by atoms with Crippen LogP contribution in [0.15, 0.2) is 54.6 Å². The monoisotopic (exact) mass is 391 g/mol. The van der Waals surface area contributed by atoms with Crippen LogP contribution in [0, 0.1) is 13.8 Å². The number of hydrogen-bond acceptors (Lipinski definition) is 5. The van der Waals surface area contributed by atoms with E-state index in [0.717, 1.165) is 17.1 Å². The summed E-state index contributed by atoms with van der Waals surface area (Å²) >= 11 is 0. The van der Waals surface area contributed by atoms with E-state index in [1.165, 1.54) is 0 Å². The maximum atomic E-state index is 12.4. The van der Waals surface area contributed by atoms with Gasteiger partial charge in [-0.3, -0.25) is 4.79 Å². The molecule has 0 fully saturated rings. The van der Waals surface area contributed by atoms with Gasteiger partial charge in [-0.05, 0) is 68.4 Å². The molecule has 1 aromatic heterocycles. The minimum Gasteiger partial charge on any atom is -0.486 e. The number of fused-ring (bicyclic) bond motifs is 1. The minimum atomic E-state index is -0.539. The number of ketones is 1. The molecule has 0 spiro atoms. The SMILES string of the molecule is Cc1ccc(C)n1-c1ccc(C(=O)OCC(=O)c2ccc3c(c2)OCCO3)cc1. The van der Waals surface area contributed by atoms with Gasteiger partial charge in [0.05, 0.1) is 5.56 Å². The molecule has 148 valence electrons. The molecule has 29 heavy (non-hydrogen) atoms. The summed E-state index contributed by atoms with van der Waals surface area (Å²) < 4.78 is 18.2. The van der Waals surface area contributed by atoms with Crippen LogP contribution in [-0.4, -0.2) is 36.1 Å². The van der Waals surface area contributed by atoms with E-state index in [1.54, 1.807) is 30.3 Å². The van der Waals surface area contributed by atoms with Gasteiger partial charge in [-0.15, -0.1) is 0 Å². The summed E-state index contributed by atoms with van der Waals surface area (Å²) in [6, 6.07) is 16.1. The standard InChI is InChI=1S/C23H21NO5/c1-15-3-4-16(2)24(15)19-8-5-17(6-9-19)23(26)29-14-20(25)18-7-10-21-22(13-18)28-12-11-27-21/h3-10,13H,11-12,14H2,1-2H3. The van der Waals surface area contributed by atoms with Crippen LogP contribution >= 0.6 is 0 Å². The van der Waals surface area contributed by atoms with Gasteiger partial charge in [0.1, 0.15) is 13.2 Å². The van der Waals surface area contributed by atoms with Crippen molar-refractivity contribution in [1.82, 2.24) is 4.57 Å². The molecule has 0 saturated heterocycles. The van der Waals surface area contributed by atoms with E-state index in [0.29, 0.717) is 35.8 Å². The lowest BCUT2D eigenvalue weighted by molar-refractivity contribution is 0.0474. The van der Waals surface area contributed by atoms with Gasteiger partial charge in [0.15, 0.2) is 23.9 Å². The van der Waals surface area contributed by atoms with Crippen LogP contribution in [0.2, 0.25) is 0 Å². The van der Waals surface area contributed by atoms with E-state index in [9.17, 15) is 9.59 Å². The Bertz CT molecular complexity index is 1050. The van der Waals surface area contributed by atoms with Crippen LogP contribution in [0.3, 0.4) is 0 Å². The lowest BCUT2D eigenvalue weighted by Gasteiger charge is -2.18. The molecule has 4 rings (SSSR count). The summed E-state index contributed by atoms with van der Waals surface area (Å²) in [6.07, 6.45) is 0. The number of benzene rings is 2. The van der Waals surface area contributed by atoms with Gasteiger partial charge in [-0.25, -0.2) is 4.79 Å². The Morgan fingerprint density at radius 3 is 2.17 bits per heavy atom. The summed E-state index contributed by atoms with van der Waals surface area (Å²) in [5, 5.41) is 0. The van der Waals surface area contributed by atoms with E-state index in [2.05, 4.69) is 4.57 Å². The quantitative estimate of drug-likeness (QED) is 0.487. The summed E-state index contributed by atoms with van der Waals surface area (Å²) in [6.45, 7) is 4.64. The fourth-order valence-corrected chi connectivity index (χ4v) is 3.34. The van der Waals surface area contributed by atoms with Crippen molar-refractivity contribution in [2.24, 2.45) is 0 Å². The first kappa shape index (κ1) is 18.8. The zero-order chi connectivity index (χ0) is 20.4. The molecular weight excluding hydrogens is 370 g/mol. The number of rotatable bonds is 5. The summed E-state index contributed by atoms with van der Waals surface area (Å²) in [5.74, 6) is 0.298. The van der Waals surface area contributed by atoms with Gasteiger partial charge in [-0.2, -0.15) is 0 Å². The molecule has 2 aromatic carbocycles. The summed E-state index contributed by atoms with van der Waals surface area (Å²) in [5.41, 5.74) is 4.00. The molecular formula is C23H21NO5. The Hall–Kier alpha value is -3.54. The van der Waals surface area contributed by atoms with Crippen molar-refractivity contribution in [2.75, 3.05) is 19.8 Å². The van der Waals surface area contributed by atoms with Crippen molar-refractivity contribution in [2.45, 2.75) is 13.8 Å². The second kappa shape index (κ2) is 7.83. The minimum absolute atomic E-state index is 0.300. The van der Waals surface area contributed by atoms with Crippen LogP contribution in [-0.2, 0) is 4.74 Å². The molecule has 1 aliphatic heterocycles. The second-order valence-corrected chi connectivity index (χ2v) is 6.86. The van der Waals surface area contributed by atoms with Gasteiger partial charge in [0.25, 0.3) is 0 Å². The Morgan fingerprint density at radius 2 is 1.48 bits per heavy atom. The maximum absolute atomic E-state index is 12.4. The number of aromatic nitrogens is 1. The topological polar surface area (TPSA) is 66.8 Å². The third-order valence-corrected chi connectivity index (χ3v) is 4.83. The highest BCUT2D eigenvalue weighted by Crippen LogP contribution is 2.30. The van der Waals surface area contributed by atoms with E-state index >= 15 is 0 Å². The van der Waals surface area contributed by atoms with Crippen molar-refractivity contribution < 1.29 is 23.8 Å². The Kier molecular flexibility index (Phi) is 5.08. The molecule has 3 aromatic rings. The van der Waals surface area contributed by atoms with Crippen LogP contribution in [0.25, 0.3) is 5.69 Å². The van der Waals surface area contributed by atoms with E-state index in [1.807, 2.05) is 38.1 Å². The number of carbonyl (C=O) groups is 2. The highest BCUT2D eigenvalue weighted by molar-refractivity contribution is 5.99. The van der Waals surface area contributed by atoms with Crippen molar-refractivity contribution in [3.8, 4) is 17.2 Å². The largest absolute Gasteiger partial charge is 0.486 e. The fourth-order valence-electron chi connectivity index (χ4n) is 3.34. The molecule has 2 heterocycles. The number of hydrogen-bond donors (Lipinski definition) is 0. The summed E-state index contributed by atoms with van der Waals surface area (Å²) in [7, 11) is 0. The highest BCUT2D eigenvalue weighted by atomic mass is 16.6. The molecule has 0 radical (unpaired) electrons. The van der Waals surface area contributed by atoms with E-state index < -0.39 is 5.97 Å². The number of aryl methyl sites for hydroxylation is 2. The zero-order valence-electron chi connectivity index (χ0n) is 16.3. The van der Waals surface area contributed by atoms with Gasteiger partial charge < -0.3 is 18.8 Å². The number of nitrogens with zero attached hydrogens (tertiary/aromatic N) is 1. The average molecular weight is 391 g/mol. The molecule has 0 unspecified atom stereocenters. The maximum Gasteiger partial charge on any atom is 0.338 e. The first-order valence-electron chi connectivity index (χ1n) is 9.38. The smallest absolute Gasteiger partial charge is 0.338 e. The Balaban J connectivity index is 1.40. The van der Waals surface area contributed by atoms with Crippen molar-refractivity contribution in [1.29, 1.82) is 0 Å². The molecule has 0 aliphatic carbocycles. The van der Waals surface area contributed by atoms with Crippen LogP contribution in [0.4, 0.5) is 0 Å². The second-order valence-electron chi connectivity index (χ2n) is 6.86. The predicted octanol–water partition coefficient (Wildman–Crippen LogP) is 3.91. The number of Topliss-reactive ketones (excluding diaryl/α,β-unsaturated/α-hetero) is 1. The third-order valence-electron chi connectivity index (χ3n) is 4.83. The molecule has 0 saturated carbocycles. The summed E-state index contributed by atoms with van der Waals surface area (Å²) in [4.78, 5) is 24.7. The highest BCUT2D eigenvalue weighted by Gasteiger charge is 2.17.